The van der Waals surface area contributed by atoms with Gasteiger partial charge in [0.2, 0.25) is 11.7 Å². The lowest BCUT2D eigenvalue weighted by atomic mass is 9.68. The predicted molar refractivity (Wildman–Crippen MR) is 125 cm³/mol. The van der Waals surface area contributed by atoms with E-state index in [1.54, 1.807) is 36.1 Å². The minimum Gasteiger partial charge on any atom is -0.485 e. The number of anilines is 1. The van der Waals surface area contributed by atoms with E-state index in [2.05, 4.69) is 0 Å². The van der Waals surface area contributed by atoms with Gasteiger partial charge in [-0.1, -0.05) is 78.9 Å². The average Bonchev–Trinajstić information content (AvgIpc) is 3.28. The maximum absolute atomic E-state index is 14.3. The summed E-state index contributed by atoms with van der Waals surface area (Å²) in [5, 5.41) is 0. The van der Waals surface area contributed by atoms with E-state index in [1.807, 2.05) is 60.7 Å². The molecule has 5 rings (SSSR count). The maximum Gasteiger partial charge on any atom is 0.247 e. The predicted octanol–water partition coefficient (Wildman–Crippen LogP) is 4.62. The number of nitrogens with zero attached hydrogens (tertiary/aromatic N) is 1. The molecule has 0 unspecified atom stereocenters. The highest BCUT2D eigenvalue weighted by atomic mass is 16.5. The van der Waals surface area contributed by atoms with Gasteiger partial charge in [0.15, 0.2) is 17.3 Å². The Bertz CT molecular complexity index is 1300. The van der Waals surface area contributed by atoms with Gasteiger partial charge in [-0.05, 0) is 25.5 Å². The number of ketones is 2. The molecule has 3 aromatic rings. The van der Waals surface area contributed by atoms with Crippen molar-refractivity contribution in [3.05, 3.63) is 113 Å². The summed E-state index contributed by atoms with van der Waals surface area (Å²) in [5.41, 5.74) is 1.44. The fraction of sp³-hybridized carbons (Fsp3) is 0.179. The van der Waals surface area contributed by atoms with Gasteiger partial charge in [-0.3, -0.25) is 14.4 Å². The van der Waals surface area contributed by atoms with Gasteiger partial charge in [-0.25, -0.2) is 0 Å². The molecule has 2 heterocycles. The zero-order chi connectivity index (χ0) is 23.2. The third kappa shape index (κ3) is 3.04. The number of para-hydroxylation sites is 1. The van der Waals surface area contributed by atoms with E-state index in [4.69, 9.17) is 4.74 Å². The quantitative estimate of drug-likeness (QED) is 0.547. The van der Waals surface area contributed by atoms with Crippen LogP contribution in [-0.4, -0.2) is 23.6 Å². The Morgan fingerprint density at radius 3 is 2.18 bits per heavy atom. The van der Waals surface area contributed by atoms with Gasteiger partial charge in [0.25, 0.3) is 0 Å². The van der Waals surface area contributed by atoms with Gasteiger partial charge < -0.3 is 9.64 Å². The Labute approximate surface area is 192 Å². The third-order valence-corrected chi connectivity index (χ3v) is 6.47. The summed E-state index contributed by atoms with van der Waals surface area (Å²) in [6, 6.07) is 25.8. The number of allylic oxidation sites excluding steroid dienone is 1. The van der Waals surface area contributed by atoms with Crippen LogP contribution >= 0.6 is 0 Å². The lowest BCUT2D eigenvalue weighted by Gasteiger charge is -2.30. The number of Topliss-reactive ketones (excluding diaryl/α,β-unsaturated/α-hetero) is 2. The SMILES string of the molecule is CC(=O)C1=C(C)O[C@@H](C(=O)c2ccccc2)[C@]12C(=O)N(Cc1ccccc1)c1ccccc12. The van der Waals surface area contributed by atoms with Gasteiger partial charge in [0.1, 0.15) is 5.76 Å². The fourth-order valence-corrected chi connectivity index (χ4v) is 5.16. The van der Waals surface area contributed by atoms with Crippen LogP contribution in [0.25, 0.3) is 0 Å². The minimum atomic E-state index is -1.52. The van der Waals surface area contributed by atoms with Gasteiger partial charge in [-0.2, -0.15) is 0 Å². The molecule has 0 aliphatic carbocycles. The standard InChI is InChI=1S/C28H23NO4/c1-18(30)24-19(2)33-26(25(31)21-13-7-4-8-14-21)28(24)22-15-9-10-16-23(22)29(27(28)32)17-20-11-5-3-6-12-20/h3-16,26H,17H2,1-2H3/t26-,28+/m0/s1. The smallest absolute Gasteiger partial charge is 0.247 e. The second kappa shape index (κ2) is 7.85. The van der Waals surface area contributed by atoms with E-state index in [1.165, 1.54) is 6.92 Å². The number of hydrogen-bond donors (Lipinski definition) is 0. The molecule has 0 radical (unpaired) electrons. The van der Waals surface area contributed by atoms with Crippen LogP contribution in [0.3, 0.4) is 0 Å². The fourth-order valence-electron chi connectivity index (χ4n) is 5.16. The summed E-state index contributed by atoms with van der Waals surface area (Å²) >= 11 is 0. The van der Waals surface area contributed by atoms with Crippen LogP contribution in [0.1, 0.15) is 35.3 Å². The molecule has 33 heavy (non-hydrogen) atoms. The second-order valence-corrected chi connectivity index (χ2v) is 8.42. The van der Waals surface area contributed by atoms with Gasteiger partial charge in [-0.15, -0.1) is 0 Å². The Morgan fingerprint density at radius 1 is 0.909 bits per heavy atom. The molecule has 2 aliphatic heterocycles. The lowest BCUT2D eigenvalue weighted by molar-refractivity contribution is -0.125. The number of carbonyl (C=O) groups excluding carboxylic acids is 3. The molecule has 164 valence electrons. The normalized spacial score (nSPS) is 21.3. The third-order valence-electron chi connectivity index (χ3n) is 6.47. The molecule has 1 amide bonds. The van der Waals surface area contributed by atoms with Crippen molar-refractivity contribution >= 4 is 23.2 Å². The van der Waals surface area contributed by atoms with E-state index >= 15 is 0 Å². The molecule has 5 heteroatoms. The molecule has 0 aromatic heterocycles. The Morgan fingerprint density at radius 2 is 1.52 bits per heavy atom. The molecule has 2 aliphatic rings. The molecule has 2 atom stereocenters. The molecule has 1 spiro atoms. The number of amides is 1. The molecular formula is C28H23NO4. The Balaban J connectivity index is 1.72. The monoisotopic (exact) mass is 437 g/mol. The zero-order valence-electron chi connectivity index (χ0n) is 18.4. The van der Waals surface area contributed by atoms with Crippen molar-refractivity contribution in [2.45, 2.75) is 31.9 Å². The van der Waals surface area contributed by atoms with E-state index in [0.29, 0.717) is 29.1 Å². The zero-order valence-corrected chi connectivity index (χ0v) is 18.4. The summed E-state index contributed by atoms with van der Waals surface area (Å²) in [7, 11) is 0. The largest absolute Gasteiger partial charge is 0.485 e. The number of benzene rings is 3. The van der Waals surface area contributed by atoms with Crippen LogP contribution in [0.4, 0.5) is 5.69 Å². The van der Waals surface area contributed by atoms with Gasteiger partial charge >= 0.3 is 0 Å². The molecular weight excluding hydrogens is 414 g/mol. The highest BCUT2D eigenvalue weighted by molar-refractivity contribution is 6.21. The summed E-state index contributed by atoms with van der Waals surface area (Å²) < 4.78 is 6.08. The van der Waals surface area contributed by atoms with Crippen molar-refractivity contribution in [1.82, 2.24) is 0 Å². The van der Waals surface area contributed by atoms with E-state index in [0.717, 1.165) is 5.56 Å². The van der Waals surface area contributed by atoms with Gasteiger partial charge in [0, 0.05) is 16.8 Å². The van der Waals surface area contributed by atoms with Crippen molar-refractivity contribution < 1.29 is 19.1 Å². The summed E-state index contributed by atoms with van der Waals surface area (Å²) in [5.74, 6) is -0.595. The first-order chi connectivity index (χ1) is 16.0. The number of ether oxygens (including phenoxy) is 1. The van der Waals surface area contributed by atoms with Crippen LogP contribution in [0.5, 0.6) is 0 Å². The highest BCUT2D eigenvalue weighted by Crippen LogP contribution is 2.55. The molecule has 0 saturated heterocycles. The number of fused-ring (bicyclic) bond motifs is 2. The van der Waals surface area contributed by atoms with Crippen LogP contribution in [0.15, 0.2) is 96.3 Å². The maximum atomic E-state index is 14.3. The topological polar surface area (TPSA) is 63.7 Å². The molecule has 0 N–H and O–H groups in total. The van der Waals surface area contributed by atoms with Gasteiger partial charge in [0.05, 0.1) is 12.1 Å². The minimum absolute atomic E-state index is 0.254. The summed E-state index contributed by atoms with van der Waals surface area (Å²) in [4.78, 5) is 42.6. The van der Waals surface area contributed by atoms with Crippen LogP contribution in [-0.2, 0) is 26.3 Å². The average molecular weight is 437 g/mol. The lowest BCUT2D eigenvalue weighted by Crippen LogP contribution is -2.52. The van der Waals surface area contributed by atoms with E-state index in [-0.39, 0.29) is 23.0 Å². The van der Waals surface area contributed by atoms with E-state index in [9.17, 15) is 14.4 Å². The van der Waals surface area contributed by atoms with Crippen molar-refractivity contribution in [3.8, 4) is 0 Å². The van der Waals surface area contributed by atoms with Crippen LogP contribution in [0, 0.1) is 0 Å². The molecule has 5 nitrogen and oxygen atoms in total. The van der Waals surface area contributed by atoms with Crippen molar-refractivity contribution in [2.75, 3.05) is 4.90 Å². The molecule has 0 bridgehead atoms. The number of hydrogen-bond acceptors (Lipinski definition) is 4. The number of carbonyl (C=O) groups is 3. The van der Waals surface area contributed by atoms with Crippen LogP contribution < -0.4 is 4.90 Å². The Hall–Kier alpha value is -3.99. The van der Waals surface area contributed by atoms with Crippen molar-refractivity contribution in [2.24, 2.45) is 0 Å². The summed E-state index contributed by atoms with van der Waals surface area (Å²) in [6.07, 6.45) is -1.16. The molecule has 0 saturated carbocycles. The second-order valence-electron chi connectivity index (χ2n) is 8.42. The van der Waals surface area contributed by atoms with E-state index < -0.39 is 11.5 Å². The van der Waals surface area contributed by atoms with Crippen molar-refractivity contribution in [1.29, 1.82) is 0 Å². The first kappa shape index (κ1) is 20.9. The Kier molecular flexibility index (Phi) is 4.97. The first-order valence-electron chi connectivity index (χ1n) is 10.9. The molecule has 0 fully saturated rings. The van der Waals surface area contributed by atoms with Crippen LogP contribution in [0.2, 0.25) is 0 Å². The molecule has 3 aromatic carbocycles. The number of rotatable bonds is 5. The summed E-state index contributed by atoms with van der Waals surface area (Å²) in [6.45, 7) is 3.41. The van der Waals surface area contributed by atoms with Crippen molar-refractivity contribution in [3.63, 3.8) is 0 Å². The first-order valence-corrected chi connectivity index (χ1v) is 10.9. The highest BCUT2D eigenvalue weighted by Gasteiger charge is 2.66.